The molecule has 0 heterocycles. The first-order chi connectivity index (χ1) is 9.44. The van der Waals surface area contributed by atoms with E-state index in [0.29, 0.717) is 12.5 Å². The van der Waals surface area contributed by atoms with Crippen LogP contribution >= 0.6 is 0 Å². The zero-order valence-corrected chi connectivity index (χ0v) is 14.5. The summed E-state index contributed by atoms with van der Waals surface area (Å²) in [4.78, 5) is 0. The minimum Gasteiger partial charge on any atom is -0.281 e. The molecular weight excluding hydrogens is 332 g/mol. The molecule has 0 bridgehead atoms. The molecule has 0 spiro atoms. The summed E-state index contributed by atoms with van der Waals surface area (Å²) >= 11 is 0. The maximum atomic E-state index is 13.3. The molecule has 0 saturated carbocycles. The smallest absolute Gasteiger partial charge is 0.232 e. The molecule has 0 aliphatic rings. The Morgan fingerprint density at radius 1 is 1.05 bits per heavy atom. The fourth-order valence-electron chi connectivity index (χ4n) is 1.86. The van der Waals surface area contributed by atoms with E-state index in [1.807, 2.05) is 0 Å². The summed E-state index contributed by atoms with van der Waals surface area (Å²) in [5.74, 6) is -1.69. The molecule has 0 aliphatic carbocycles. The van der Waals surface area contributed by atoms with E-state index >= 15 is 0 Å². The van der Waals surface area contributed by atoms with Gasteiger partial charge in [0.15, 0.2) is 0 Å². The van der Waals surface area contributed by atoms with E-state index in [9.17, 15) is 17.2 Å². The number of anilines is 1. The summed E-state index contributed by atoms with van der Waals surface area (Å²) in [7, 11) is -3.58. The van der Waals surface area contributed by atoms with Gasteiger partial charge in [-0.1, -0.05) is 39.0 Å². The van der Waals surface area contributed by atoms with E-state index in [1.165, 1.54) is 0 Å². The summed E-state index contributed by atoms with van der Waals surface area (Å²) in [6.45, 7) is 2.12. The van der Waals surface area contributed by atoms with Crippen LogP contribution in [0.15, 0.2) is 18.2 Å². The average molecular weight is 353 g/mol. The second-order valence-electron chi connectivity index (χ2n) is 4.81. The van der Waals surface area contributed by atoms with Gasteiger partial charge in [-0.05, 0) is 18.6 Å². The minimum atomic E-state index is -3.58. The molecule has 21 heavy (non-hydrogen) atoms. The number of hydrogen-bond acceptors (Lipinski definition) is 2. The van der Waals surface area contributed by atoms with Gasteiger partial charge in [0.1, 0.15) is 11.6 Å². The Kier molecular flexibility index (Phi) is 10.1. The number of halogens is 2. The van der Waals surface area contributed by atoms with E-state index in [2.05, 4.69) is 11.6 Å². The molecule has 1 N–H and O–H groups in total. The van der Waals surface area contributed by atoms with Gasteiger partial charge in [-0.25, -0.2) is 17.2 Å². The molecule has 1 rings (SSSR count). The van der Waals surface area contributed by atoms with Crippen LogP contribution in [0.3, 0.4) is 0 Å². The molecule has 0 radical (unpaired) electrons. The second kappa shape index (κ2) is 10.3. The van der Waals surface area contributed by atoms with Crippen LogP contribution in [-0.2, 0) is 31.7 Å². The van der Waals surface area contributed by atoms with Crippen molar-refractivity contribution in [3.05, 3.63) is 29.8 Å². The zero-order valence-electron chi connectivity index (χ0n) is 12.2. The maximum Gasteiger partial charge on any atom is 0.232 e. The Morgan fingerprint density at radius 2 is 1.67 bits per heavy atom. The topological polar surface area (TPSA) is 46.2 Å². The molecule has 1 aromatic rings. The molecule has 3 nitrogen and oxygen atoms in total. The third kappa shape index (κ3) is 8.54. The molecule has 0 aliphatic heterocycles. The molecule has 1 aromatic carbocycles. The zero-order chi connectivity index (χ0) is 15.0. The Bertz CT molecular complexity index is 524. The first kappa shape index (κ1) is 20.5. The normalized spacial score (nSPS) is 11.0. The van der Waals surface area contributed by atoms with Crippen molar-refractivity contribution in [1.82, 2.24) is 0 Å². The first-order valence-electron chi connectivity index (χ1n) is 6.90. The van der Waals surface area contributed by atoms with Gasteiger partial charge >= 0.3 is 0 Å². The van der Waals surface area contributed by atoms with Gasteiger partial charge in [0.25, 0.3) is 0 Å². The third-order valence-electron chi connectivity index (χ3n) is 2.96. The minimum absolute atomic E-state index is 0. The standard InChI is InChI=1S/C14H21F2NO2S.Ti/c1-2-3-4-5-6-7-10-20(18,19)17-14-9-8-12(15)11-13(14)16;/h8-9,11,17H,2-7,10H2,1H3;. The van der Waals surface area contributed by atoms with Crippen LogP contribution in [0.2, 0.25) is 0 Å². The van der Waals surface area contributed by atoms with E-state index < -0.39 is 21.7 Å². The third-order valence-corrected chi connectivity index (χ3v) is 4.32. The van der Waals surface area contributed by atoms with E-state index in [1.54, 1.807) is 0 Å². The van der Waals surface area contributed by atoms with Gasteiger partial charge in [0.05, 0.1) is 11.4 Å². The van der Waals surface area contributed by atoms with Crippen LogP contribution in [0.5, 0.6) is 0 Å². The average Bonchev–Trinajstić information content (AvgIpc) is 2.37. The van der Waals surface area contributed by atoms with Gasteiger partial charge in [0.2, 0.25) is 10.0 Å². The Balaban J connectivity index is 0.00000400. The maximum absolute atomic E-state index is 13.3. The molecule has 0 fully saturated rings. The fraction of sp³-hybridized carbons (Fsp3) is 0.571. The summed E-state index contributed by atoms with van der Waals surface area (Å²) in [5, 5.41) is 0. The van der Waals surface area contributed by atoms with Gasteiger partial charge in [-0.2, -0.15) is 0 Å². The van der Waals surface area contributed by atoms with Crippen LogP contribution in [0, 0.1) is 11.6 Å². The predicted octanol–water partition coefficient (Wildman–Crippen LogP) is 4.06. The molecular formula is C14H21F2NO2STi. The van der Waals surface area contributed by atoms with Crippen molar-refractivity contribution in [1.29, 1.82) is 0 Å². The quantitative estimate of drug-likeness (QED) is 0.537. The first-order valence-corrected chi connectivity index (χ1v) is 8.55. The largest absolute Gasteiger partial charge is 0.281 e. The molecule has 0 aromatic heterocycles. The Hall–Kier alpha value is -0.456. The molecule has 7 heteroatoms. The van der Waals surface area contributed by atoms with Crippen molar-refractivity contribution < 1.29 is 38.9 Å². The van der Waals surface area contributed by atoms with Crippen molar-refractivity contribution in [2.24, 2.45) is 0 Å². The summed E-state index contributed by atoms with van der Waals surface area (Å²) < 4.78 is 51.7. The van der Waals surface area contributed by atoms with Crippen molar-refractivity contribution in [2.45, 2.75) is 45.4 Å². The van der Waals surface area contributed by atoms with Gasteiger partial charge in [-0.3, -0.25) is 4.72 Å². The number of unbranched alkanes of at least 4 members (excludes halogenated alkanes) is 5. The van der Waals surface area contributed by atoms with Gasteiger partial charge in [0, 0.05) is 27.8 Å². The molecule has 0 unspecified atom stereocenters. The van der Waals surface area contributed by atoms with Crippen LogP contribution < -0.4 is 4.72 Å². The molecule has 118 valence electrons. The summed E-state index contributed by atoms with van der Waals surface area (Å²) in [5.41, 5.74) is -0.211. The van der Waals surface area contributed by atoms with Gasteiger partial charge < -0.3 is 0 Å². The number of hydrogen-bond donors (Lipinski definition) is 1. The number of benzene rings is 1. The van der Waals surface area contributed by atoms with Crippen LogP contribution in [-0.4, -0.2) is 14.2 Å². The Morgan fingerprint density at radius 3 is 2.29 bits per heavy atom. The van der Waals surface area contributed by atoms with Crippen LogP contribution in [0.1, 0.15) is 45.4 Å². The van der Waals surface area contributed by atoms with Crippen molar-refractivity contribution in [3.8, 4) is 0 Å². The van der Waals surface area contributed by atoms with E-state index in [4.69, 9.17) is 0 Å². The van der Waals surface area contributed by atoms with E-state index in [0.717, 1.165) is 44.2 Å². The van der Waals surface area contributed by atoms with Gasteiger partial charge in [-0.15, -0.1) is 0 Å². The predicted molar refractivity (Wildman–Crippen MR) is 77.1 cm³/mol. The number of nitrogens with one attached hydrogen (secondary N) is 1. The molecule has 0 saturated heterocycles. The van der Waals surface area contributed by atoms with Crippen molar-refractivity contribution >= 4 is 15.7 Å². The van der Waals surface area contributed by atoms with Crippen LogP contribution in [0.4, 0.5) is 14.5 Å². The molecule has 0 atom stereocenters. The number of sulfonamides is 1. The SMILES string of the molecule is CCCCCCCCS(=O)(=O)Nc1ccc(F)cc1F.[Ti]. The van der Waals surface area contributed by atoms with Crippen molar-refractivity contribution in [2.75, 3.05) is 10.5 Å². The Labute approximate surface area is 140 Å². The summed E-state index contributed by atoms with van der Waals surface area (Å²) in [6, 6.07) is 2.76. The fourth-order valence-corrected chi connectivity index (χ4v) is 3.05. The van der Waals surface area contributed by atoms with Crippen molar-refractivity contribution in [3.63, 3.8) is 0 Å². The second-order valence-corrected chi connectivity index (χ2v) is 6.65. The summed E-state index contributed by atoms with van der Waals surface area (Å²) in [6.07, 6.45) is 5.80. The van der Waals surface area contributed by atoms with Crippen LogP contribution in [0.25, 0.3) is 0 Å². The van der Waals surface area contributed by atoms with E-state index in [-0.39, 0.29) is 33.2 Å². The monoisotopic (exact) mass is 353 g/mol. The molecule has 0 amide bonds. The number of rotatable bonds is 9.